The lowest BCUT2D eigenvalue weighted by Gasteiger charge is -2.17. The topological polar surface area (TPSA) is 51.7 Å². The van der Waals surface area contributed by atoms with Gasteiger partial charge in [0.05, 0.1) is 7.11 Å². The number of methoxy groups -OCH3 is 1. The van der Waals surface area contributed by atoms with E-state index in [0.717, 1.165) is 16.1 Å². The number of amides is 1. The number of aromatic nitrogens is 1. The molecule has 1 amide bonds. The number of halogens is 2. The van der Waals surface area contributed by atoms with Crippen molar-refractivity contribution in [3.05, 3.63) is 64.7 Å². The number of alkyl halides is 2. The maximum atomic E-state index is 12.7. The van der Waals surface area contributed by atoms with Gasteiger partial charge in [0.15, 0.2) is 11.5 Å². The van der Waals surface area contributed by atoms with E-state index < -0.39 is 6.61 Å². The first-order chi connectivity index (χ1) is 13.9. The van der Waals surface area contributed by atoms with E-state index in [1.807, 2.05) is 31.2 Å². The van der Waals surface area contributed by atoms with Crippen molar-refractivity contribution in [2.45, 2.75) is 20.1 Å². The number of thiazole rings is 1. The summed E-state index contributed by atoms with van der Waals surface area (Å²) in [5.41, 5.74) is 3.07. The molecular weight excluding hydrogens is 398 g/mol. The summed E-state index contributed by atoms with van der Waals surface area (Å²) in [7, 11) is 3.00. The lowest BCUT2D eigenvalue weighted by Crippen LogP contribution is -2.26. The molecule has 1 aromatic heterocycles. The van der Waals surface area contributed by atoms with Crippen LogP contribution in [0.25, 0.3) is 10.6 Å². The number of rotatable bonds is 7. The molecule has 0 aliphatic heterocycles. The number of hydrogen-bond donors (Lipinski definition) is 0. The molecule has 3 aromatic rings. The molecule has 0 spiro atoms. The van der Waals surface area contributed by atoms with Gasteiger partial charge in [0.1, 0.15) is 10.7 Å². The van der Waals surface area contributed by atoms with Gasteiger partial charge in [-0.2, -0.15) is 8.78 Å². The molecule has 0 saturated carbocycles. The largest absolute Gasteiger partial charge is 0.493 e. The van der Waals surface area contributed by atoms with Crippen molar-refractivity contribution >= 4 is 17.2 Å². The number of carbonyl (C=O) groups is 1. The SMILES string of the molecule is COc1ccc(CN(C)C(=O)c2csc(-c3ccc(C)cc3)n2)cc1OC(F)F. The van der Waals surface area contributed by atoms with Crippen molar-refractivity contribution in [3.63, 3.8) is 0 Å². The van der Waals surface area contributed by atoms with Gasteiger partial charge in [-0.3, -0.25) is 4.79 Å². The van der Waals surface area contributed by atoms with E-state index in [1.165, 1.54) is 35.5 Å². The highest BCUT2D eigenvalue weighted by atomic mass is 32.1. The van der Waals surface area contributed by atoms with Crippen LogP contribution in [0.1, 0.15) is 21.6 Å². The molecule has 2 aromatic carbocycles. The van der Waals surface area contributed by atoms with Crippen LogP contribution in [0.5, 0.6) is 11.5 Å². The van der Waals surface area contributed by atoms with Crippen LogP contribution in [0.3, 0.4) is 0 Å². The molecule has 0 N–H and O–H groups in total. The number of hydrogen-bond acceptors (Lipinski definition) is 5. The predicted octanol–water partition coefficient (Wildman–Crippen LogP) is 5.00. The van der Waals surface area contributed by atoms with E-state index in [0.29, 0.717) is 11.3 Å². The van der Waals surface area contributed by atoms with Crippen molar-refractivity contribution in [2.24, 2.45) is 0 Å². The lowest BCUT2D eigenvalue weighted by atomic mass is 10.1. The van der Waals surface area contributed by atoms with Crippen molar-refractivity contribution < 1.29 is 23.0 Å². The Bertz CT molecular complexity index is 990. The van der Waals surface area contributed by atoms with Crippen LogP contribution in [0.2, 0.25) is 0 Å². The highest BCUT2D eigenvalue weighted by Crippen LogP contribution is 2.30. The number of ether oxygens (including phenoxy) is 2. The number of benzene rings is 2. The fourth-order valence-corrected chi connectivity index (χ4v) is 3.55. The van der Waals surface area contributed by atoms with Crippen molar-refractivity contribution in [2.75, 3.05) is 14.2 Å². The van der Waals surface area contributed by atoms with E-state index in [2.05, 4.69) is 9.72 Å². The third-order valence-corrected chi connectivity index (χ3v) is 5.12. The molecular formula is C21H20F2N2O3S. The summed E-state index contributed by atoms with van der Waals surface area (Å²) >= 11 is 1.40. The molecule has 1 heterocycles. The summed E-state index contributed by atoms with van der Waals surface area (Å²) in [6.45, 7) is -0.750. The van der Waals surface area contributed by atoms with Crippen LogP contribution in [0, 0.1) is 6.92 Å². The van der Waals surface area contributed by atoms with Gasteiger partial charge in [-0.25, -0.2) is 4.98 Å². The minimum absolute atomic E-state index is 0.0730. The summed E-state index contributed by atoms with van der Waals surface area (Å²) < 4.78 is 34.7. The first kappa shape index (κ1) is 20.7. The predicted molar refractivity (Wildman–Crippen MR) is 108 cm³/mol. The quantitative estimate of drug-likeness (QED) is 0.542. The third kappa shape index (κ3) is 5.08. The second kappa shape index (κ2) is 9.00. The summed E-state index contributed by atoms with van der Waals surface area (Å²) in [6, 6.07) is 12.6. The molecule has 0 radical (unpaired) electrons. The summed E-state index contributed by atoms with van der Waals surface area (Å²) in [5, 5.41) is 2.48. The van der Waals surface area contributed by atoms with E-state index in [4.69, 9.17) is 4.74 Å². The number of nitrogens with zero attached hydrogens (tertiary/aromatic N) is 2. The van der Waals surface area contributed by atoms with Crippen molar-refractivity contribution in [1.82, 2.24) is 9.88 Å². The molecule has 0 atom stereocenters. The molecule has 0 fully saturated rings. The Labute approximate surface area is 171 Å². The molecule has 0 aliphatic rings. The van der Waals surface area contributed by atoms with Gasteiger partial charge < -0.3 is 14.4 Å². The second-order valence-corrected chi connectivity index (χ2v) is 7.29. The van der Waals surface area contributed by atoms with Crippen LogP contribution in [-0.2, 0) is 6.54 Å². The minimum Gasteiger partial charge on any atom is -0.493 e. The zero-order chi connectivity index (χ0) is 21.0. The molecule has 0 unspecified atom stereocenters. The Balaban J connectivity index is 1.73. The lowest BCUT2D eigenvalue weighted by molar-refractivity contribution is -0.0512. The molecule has 29 heavy (non-hydrogen) atoms. The van der Waals surface area contributed by atoms with E-state index in [-0.39, 0.29) is 24.0 Å². The summed E-state index contributed by atoms with van der Waals surface area (Å²) in [4.78, 5) is 18.6. The van der Waals surface area contributed by atoms with E-state index in [1.54, 1.807) is 18.5 Å². The average molecular weight is 418 g/mol. The van der Waals surface area contributed by atoms with Crippen molar-refractivity contribution in [3.8, 4) is 22.1 Å². The smallest absolute Gasteiger partial charge is 0.387 e. The highest BCUT2D eigenvalue weighted by Gasteiger charge is 2.18. The standard InChI is InChI=1S/C21H20F2N2O3S/c1-13-4-7-15(8-5-13)19-24-16(12-29-19)20(26)25(2)11-14-6-9-17(27-3)18(10-14)28-21(22)23/h4-10,12,21H,11H2,1-3H3. The second-order valence-electron chi connectivity index (χ2n) is 6.43. The minimum atomic E-state index is -2.96. The Kier molecular flexibility index (Phi) is 6.43. The Morgan fingerprint density at radius 2 is 1.90 bits per heavy atom. The summed E-state index contributed by atoms with van der Waals surface area (Å²) in [6.07, 6.45) is 0. The van der Waals surface area contributed by atoms with E-state index >= 15 is 0 Å². The van der Waals surface area contributed by atoms with Gasteiger partial charge >= 0.3 is 6.61 Å². The molecule has 0 saturated heterocycles. The molecule has 3 rings (SSSR count). The maximum absolute atomic E-state index is 12.7. The maximum Gasteiger partial charge on any atom is 0.387 e. The molecule has 0 bridgehead atoms. The monoisotopic (exact) mass is 418 g/mol. The normalized spacial score (nSPS) is 10.8. The van der Waals surface area contributed by atoms with Crippen LogP contribution in [0.15, 0.2) is 47.8 Å². The average Bonchev–Trinajstić information content (AvgIpc) is 3.18. The molecule has 152 valence electrons. The number of carbonyl (C=O) groups excluding carboxylic acids is 1. The van der Waals surface area contributed by atoms with Gasteiger partial charge in [0, 0.05) is 24.5 Å². The van der Waals surface area contributed by atoms with Gasteiger partial charge in [0.25, 0.3) is 5.91 Å². The fourth-order valence-electron chi connectivity index (χ4n) is 2.75. The highest BCUT2D eigenvalue weighted by molar-refractivity contribution is 7.13. The van der Waals surface area contributed by atoms with E-state index in [9.17, 15) is 13.6 Å². The fraction of sp³-hybridized carbons (Fsp3) is 0.238. The van der Waals surface area contributed by atoms with Crippen LogP contribution in [0.4, 0.5) is 8.78 Å². The van der Waals surface area contributed by atoms with Gasteiger partial charge in [0.2, 0.25) is 0 Å². The third-order valence-electron chi connectivity index (χ3n) is 4.23. The zero-order valence-electron chi connectivity index (χ0n) is 16.2. The van der Waals surface area contributed by atoms with Gasteiger partial charge in [-0.15, -0.1) is 11.3 Å². The first-order valence-corrected chi connectivity index (χ1v) is 9.65. The van der Waals surface area contributed by atoms with Crippen LogP contribution < -0.4 is 9.47 Å². The molecule has 5 nitrogen and oxygen atoms in total. The van der Waals surface area contributed by atoms with Gasteiger partial charge in [-0.05, 0) is 24.6 Å². The van der Waals surface area contributed by atoms with Crippen LogP contribution >= 0.6 is 11.3 Å². The first-order valence-electron chi connectivity index (χ1n) is 8.77. The molecule has 8 heteroatoms. The Hall–Kier alpha value is -3.00. The zero-order valence-corrected chi connectivity index (χ0v) is 17.0. The summed E-state index contributed by atoms with van der Waals surface area (Å²) in [5.74, 6) is -0.131. The Morgan fingerprint density at radius 3 is 2.55 bits per heavy atom. The van der Waals surface area contributed by atoms with Crippen LogP contribution in [-0.4, -0.2) is 36.6 Å². The van der Waals surface area contributed by atoms with Crippen molar-refractivity contribution in [1.29, 1.82) is 0 Å². The van der Waals surface area contributed by atoms with Gasteiger partial charge in [-0.1, -0.05) is 35.9 Å². The Morgan fingerprint density at radius 1 is 1.17 bits per heavy atom. The number of aryl methyl sites for hydroxylation is 1. The molecule has 0 aliphatic carbocycles.